The van der Waals surface area contributed by atoms with Gasteiger partial charge in [0.15, 0.2) is 0 Å². The van der Waals surface area contributed by atoms with E-state index in [0.717, 1.165) is 5.69 Å². The number of halogens is 4. The van der Waals surface area contributed by atoms with Gasteiger partial charge in [0.05, 0.1) is 17.7 Å². The molecule has 0 atom stereocenters. The fourth-order valence-corrected chi connectivity index (χ4v) is 2.09. The van der Waals surface area contributed by atoms with Crippen molar-refractivity contribution in [2.45, 2.75) is 12.7 Å². The van der Waals surface area contributed by atoms with Crippen molar-refractivity contribution in [1.82, 2.24) is 15.0 Å². The summed E-state index contributed by atoms with van der Waals surface area (Å²) in [6.45, 7) is 0.341. The Morgan fingerprint density at radius 1 is 1.37 bits per heavy atom. The molecular weight excluding hydrogens is 301 g/mol. The molecule has 2 heterocycles. The zero-order valence-corrected chi connectivity index (χ0v) is 11.2. The molecule has 0 saturated heterocycles. The summed E-state index contributed by atoms with van der Waals surface area (Å²) in [5, 5.41) is 1.56. The molecule has 4 nitrogen and oxygen atoms in total. The maximum absolute atomic E-state index is 12.6. The van der Waals surface area contributed by atoms with Gasteiger partial charge in [-0.3, -0.25) is 0 Å². The van der Waals surface area contributed by atoms with Crippen LogP contribution < -0.4 is 4.90 Å². The quantitative estimate of drug-likeness (QED) is 0.816. The van der Waals surface area contributed by atoms with Gasteiger partial charge >= 0.3 is 6.18 Å². The van der Waals surface area contributed by atoms with E-state index < -0.39 is 12.0 Å². The molecule has 0 N–H and O–H groups in total. The normalized spacial score (nSPS) is 11.6. The molecule has 102 valence electrons. The zero-order chi connectivity index (χ0) is 14.0. The second kappa shape index (κ2) is 5.30. The minimum Gasteiger partial charge on any atom is -0.354 e. The molecule has 0 amide bonds. The van der Waals surface area contributed by atoms with Gasteiger partial charge in [-0.1, -0.05) is 11.6 Å². The van der Waals surface area contributed by atoms with Gasteiger partial charge in [0.2, 0.25) is 5.82 Å². The molecule has 0 bridgehead atoms. The lowest BCUT2D eigenvalue weighted by Gasteiger charge is -2.18. The van der Waals surface area contributed by atoms with E-state index in [0.29, 0.717) is 6.54 Å². The first-order valence-corrected chi connectivity index (χ1v) is 6.38. The highest BCUT2D eigenvalue weighted by Gasteiger charge is 2.35. The van der Waals surface area contributed by atoms with Crippen molar-refractivity contribution in [1.29, 1.82) is 0 Å². The van der Waals surface area contributed by atoms with E-state index in [1.54, 1.807) is 12.6 Å². The van der Waals surface area contributed by atoms with Crippen LogP contribution in [0.25, 0.3) is 0 Å². The Kier molecular flexibility index (Phi) is 3.91. The summed E-state index contributed by atoms with van der Waals surface area (Å²) in [7, 11) is 1.61. The summed E-state index contributed by atoms with van der Waals surface area (Å²) < 4.78 is 37.7. The minimum absolute atomic E-state index is 0.0975. The van der Waals surface area contributed by atoms with Crippen molar-refractivity contribution in [2.75, 3.05) is 11.9 Å². The molecule has 0 aliphatic carbocycles. The van der Waals surface area contributed by atoms with Crippen LogP contribution in [0.15, 0.2) is 17.0 Å². The number of anilines is 1. The average Bonchev–Trinajstić information content (AvgIpc) is 2.79. The van der Waals surface area contributed by atoms with Gasteiger partial charge in [0.25, 0.3) is 0 Å². The van der Waals surface area contributed by atoms with Gasteiger partial charge in [-0.15, -0.1) is 11.3 Å². The third-order valence-electron chi connectivity index (χ3n) is 2.21. The van der Waals surface area contributed by atoms with Crippen molar-refractivity contribution in [3.63, 3.8) is 0 Å². The van der Waals surface area contributed by atoms with Crippen LogP contribution in [0.3, 0.4) is 0 Å². The van der Waals surface area contributed by atoms with Gasteiger partial charge in [-0.25, -0.2) is 15.0 Å². The second-order valence-electron chi connectivity index (χ2n) is 3.71. The number of hydrogen-bond acceptors (Lipinski definition) is 5. The van der Waals surface area contributed by atoms with E-state index in [9.17, 15) is 13.2 Å². The van der Waals surface area contributed by atoms with Crippen molar-refractivity contribution in [2.24, 2.45) is 0 Å². The number of rotatable bonds is 3. The Morgan fingerprint density at radius 2 is 2.11 bits per heavy atom. The molecule has 19 heavy (non-hydrogen) atoms. The maximum Gasteiger partial charge on any atom is 0.451 e. The average molecular weight is 309 g/mol. The fraction of sp³-hybridized carbons (Fsp3) is 0.300. The number of nitrogens with zero attached hydrogens (tertiary/aromatic N) is 4. The predicted molar refractivity (Wildman–Crippen MR) is 66.3 cm³/mol. The molecule has 0 unspecified atom stereocenters. The van der Waals surface area contributed by atoms with Gasteiger partial charge in [-0.2, -0.15) is 13.2 Å². The van der Waals surface area contributed by atoms with Crippen LogP contribution >= 0.6 is 22.9 Å². The van der Waals surface area contributed by atoms with Crippen LogP contribution in [0, 0.1) is 0 Å². The Hall–Kier alpha value is -1.41. The molecule has 0 aliphatic heterocycles. The lowest BCUT2D eigenvalue weighted by atomic mass is 10.4. The van der Waals surface area contributed by atoms with Gasteiger partial charge in [-0.05, 0) is 0 Å². The van der Waals surface area contributed by atoms with E-state index >= 15 is 0 Å². The largest absolute Gasteiger partial charge is 0.451 e. The van der Waals surface area contributed by atoms with Crippen molar-refractivity contribution in [3.8, 4) is 0 Å². The van der Waals surface area contributed by atoms with Crippen LogP contribution in [0.2, 0.25) is 5.15 Å². The van der Waals surface area contributed by atoms with Crippen LogP contribution in [0.1, 0.15) is 11.5 Å². The molecule has 0 radical (unpaired) electrons. The molecule has 2 rings (SSSR count). The fourth-order valence-electron chi connectivity index (χ4n) is 1.37. The molecule has 0 fully saturated rings. The Morgan fingerprint density at radius 3 is 2.68 bits per heavy atom. The van der Waals surface area contributed by atoms with E-state index in [2.05, 4.69) is 15.0 Å². The van der Waals surface area contributed by atoms with Crippen LogP contribution in [0.5, 0.6) is 0 Å². The van der Waals surface area contributed by atoms with Gasteiger partial charge in [0.1, 0.15) is 11.0 Å². The maximum atomic E-state index is 12.6. The molecule has 0 saturated carbocycles. The monoisotopic (exact) mass is 308 g/mol. The Labute approximate surface area is 115 Å². The van der Waals surface area contributed by atoms with Crippen molar-refractivity contribution in [3.05, 3.63) is 33.6 Å². The molecule has 2 aromatic rings. The summed E-state index contributed by atoms with van der Waals surface area (Å²) in [4.78, 5) is 12.2. The third-order valence-corrected chi connectivity index (χ3v) is 3.04. The summed E-state index contributed by atoms with van der Waals surface area (Å²) >= 11 is 7.00. The van der Waals surface area contributed by atoms with E-state index in [-0.39, 0.29) is 11.0 Å². The van der Waals surface area contributed by atoms with Crippen molar-refractivity contribution >= 4 is 28.8 Å². The third kappa shape index (κ3) is 3.54. The highest BCUT2D eigenvalue weighted by molar-refractivity contribution is 7.07. The summed E-state index contributed by atoms with van der Waals surface area (Å²) in [6, 6.07) is 1.28. The SMILES string of the molecule is CN(Cc1cscn1)c1cc(Cl)nc(C(F)(F)F)n1. The lowest BCUT2D eigenvalue weighted by Crippen LogP contribution is -2.20. The molecular formula is C10H8ClF3N4S. The van der Waals surface area contributed by atoms with Gasteiger partial charge in [0, 0.05) is 18.5 Å². The standard InChI is InChI=1S/C10H8ClF3N4S/c1-18(3-6-4-19-5-15-6)8-2-7(11)16-9(17-8)10(12,13)14/h2,4-5H,3H2,1H3. The summed E-state index contributed by atoms with van der Waals surface area (Å²) in [5.41, 5.74) is 2.40. The molecule has 9 heteroatoms. The Balaban J connectivity index is 2.26. The molecule has 0 spiro atoms. The molecule has 0 aliphatic rings. The smallest absolute Gasteiger partial charge is 0.354 e. The van der Waals surface area contributed by atoms with Crippen LogP contribution in [-0.2, 0) is 12.7 Å². The number of aromatic nitrogens is 3. The predicted octanol–water partition coefficient (Wildman–Crippen LogP) is 3.24. The summed E-state index contributed by atoms with van der Waals surface area (Å²) in [6.07, 6.45) is -4.62. The van der Waals surface area contributed by atoms with E-state index in [1.807, 2.05) is 5.38 Å². The number of hydrogen-bond donors (Lipinski definition) is 0. The van der Waals surface area contributed by atoms with Gasteiger partial charge < -0.3 is 4.90 Å². The summed E-state index contributed by atoms with van der Waals surface area (Å²) in [5.74, 6) is -1.15. The van der Waals surface area contributed by atoms with Crippen LogP contribution in [0.4, 0.5) is 19.0 Å². The highest BCUT2D eigenvalue weighted by atomic mass is 35.5. The van der Waals surface area contributed by atoms with E-state index in [1.165, 1.54) is 22.3 Å². The number of alkyl halides is 3. The minimum atomic E-state index is -4.62. The first-order valence-electron chi connectivity index (χ1n) is 5.06. The topological polar surface area (TPSA) is 41.9 Å². The first-order chi connectivity index (χ1) is 8.86. The first kappa shape index (κ1) is 14.0. The zero-order valence-electron chi connectivity index (χ0n) is 9.65. The lowest BCUT2D eigenvalue weighted by molar-refractivity contribution is -0.144. The van der Waals surface area contributed by atoms with Crippen LogP contribution in [-0.4, -0.2) is 22.0 Å². The molecule has 2 aromatic heterocycles. The second-order valence-corrected chi connectivity index (χ2v) is 4.81. The molecule has 0 aromatic carbocycles. The highest BCUT2D eigenvalue weighted by Crippen LogP contribution is 2.29. The Bertz CT molecular complexity index is 558. The van der Waals surface area contributed by atoms with Crippen molar-refractivity contribution < 1.29 is 13.2 Å². The number of thiazole rings is 1. The van der Waals surface area contributed by atoms with E-state index in [4.69, 9.17) is 11.6 Å².